The number of hydrogen-bond acceptors (Lipinski definition) is 2. The first-order valence-corrected chi connectivity index (χ1v) is 6.71. The van der Waals surface area contributed by atoms with Gasteiger partial charge in [0.05, 0.1) is 10.6 Å². The lowest BCUT2D eigenvalue weighted by Crippen LogP contribution is -1.83. The molecule has 3 heteroatoms. The predicted octanol–water partition coefficient (Wildman–Crippen LogP) is 5.16. The maximum absolute atomic E-state index is 5.96. The van der Waals surface area contributed by atoms with Gasteiger partial charge in [0.25, 0.3) is 0 Å². The van der Waals surface area contributed by atoms with Gasteiger partial charge in [-0.2, -0.15) is 0 Å². The van der Waals surface area contributed by atoms with Crippen LogP contribution in [0.2, 0.25) is 0 Å². The molecule has 0 spiro atoms. The topological polar surface area (TPSA) is 26.0 Å². The van der Waals surface area contributed by atoms with Crippen molar-refractivity contribution in [3.05, 3.63) is 39.6 Å². The van der Waals surface area contributed by atoms with Crippen LogP contribution in [0.4, 0.5) is 5.69 Å². The standard InChI is InChI=1S/C14H18ClNS/c1-5-11(6-9(2)3)13-8-12(16)14(17-13)7-10(4)15/h5-9H,1,16H2,2-4H3/b10-7+,11-6+. The predicted molar refractivity (Wildman–Crippen MR) is 81.2 cm³/mol. The van der Waals surface area contributed by atoms with E-state index in [9.17, 15) is 0 Å². The van der Waals surface area contributed by atoms with Crippen molar-refractivity contribution < 1.29 is 0 Å². The van der Waals surface area contributed by atoms with E-state index in [1.165, 1.54) is 0 Å². The van der Waals surface area contributed by atoms with Crippen LogP contribution in [-0.2, 0) is 0 Å². The van der Waals surface area contributed by atoms with Crippen LogP contribution in [0.25, 0.3) is 11.6 Å². The molecule has 0 fully saturated rings. The highest BCUT2D eigenvalue weighted by molar-refractivity contribution is 7.14. The third kappa shape index (κ3) is 4.06. The van der Waals surface area contributed by atoms with Gasteiger partial charge in [-0.05, 0) is 30.6 Å². The Morgan fingerprint density at radius 1 is 1.53 bits per heavy atom. The molecule has 0 aromatic carbocycles. The van der Waals surface area contributed by atoms with Crippen molar-refractivity contribution in [2.24, 2.45) is 5.92 Å². The summed E-state index contributed by atoms with van der Waals surface area (Å²) < 4.78 is 0. The van der Waals surface area contributed by atoms with E-state index in [1.54, 1.807) is 11.3 Å². The highest BCUT2D eigenvalue weighted by Gasteiger charge is 2.07. The van der Waals surface area contributed by atoms with Crippen molar-refractivity contribution >= 4 is 40.3 Å². The smallest absolute Gasteiger partial charge is 0.0517 e. The zero-order valence-corrected chi connectivity index (χ0v) is 12.0. The molecule has 0 aliphatic rings. The molecular weight excluding hydrogens is 250 g/mol. The van der Waals surface area contributed by atoms with E-state index in [1.807, 2.05) is 25.1 Å². The highest BCUT2D eigenvalue weighted by atomic mass is 35.5. The van der Waals surface area contributed by atoms with Crippen LogP contribution in [0.15, 0.2) is 29.8 Å². The van der Waals surface area contributed by atoms with Crippen molar-refractivity contribution in [1.82, 2.24) is 0 Å². The largest absolute Gasteiger partial charge is 0.398 e. The molecule has 0 amide bonds. The Morgan fingerprint density at radius 3 is 2.65 bits per heavy atom. The van der Waals surface area contributed by atoms with Gasteiger partial charge in [0.1, 0.15) is 0 Å². The van der Waals surface area contributed by atoms with Crippen molar-refractivity contribution in [2.75, 3.05) is 5.73 Å². The van der Waals surface area contributed by atoms with Gasteiger partial charge in [0.2, 0.25) is 0 Å². The minimum Gasteiger partial charge on any atom is -0.398 e. The van der Waals surface area contributed by atoms with Crippen molar-refractivity contribution in [3.63, 3.8) is 0 Å². The Labute approximate surface area is 112 Å². The molecule has 0 bridgehead atoms. The van der Waals surface area contributed by atoms with Crippen molar-refractivity contribution in [3.8, 4) is 0 Å². The molecule has 1 heterocycles. The van der Waals surface area contributed by atoms with Gasteiger partial charge < -0.3 is 5.73 Å². The van der Waals surface area contributed by atoms with Crippen LogP contribution in [0.1, 0.15) is 30.5 Å². The van der Waals surface area contributed by atoms with E-state index in [0.717, 1.165) is 26.0 Å². The SMILES string of the molecule is C=C/C(=C\C(C)C)c1cc(N)c(/C=C(\C)Cl)s1. The average molecular weight is 268 g/mol. The number of rotatable bonds is 4. The molecule has 2 N–H and O–H groups in total. The lowest BCUT2D eigenvalue weighted by molar-refractivity contribution is 0.834. The zero-order valence-electron chi connectivity index (χ0n) is 10.5. The summed E-state index contributed by atoms with van der Waals surface area (Å²) in [6, 6.07) is 1.98. The molecule has 0 unspecified atom stereocenters. The first-order valence-electron chi connectivity index (χ1n) is 5.51. The van der Waals surface area contributed by atoms with Gasteiger partial charge in [-0.25, -0.2) is 0 Å². The number of nitrogen functional groups attached to an aromatic ring is 1. The van der Waals surface area contributed by atoms with Gasteiger partial charge in [-0.1, -0.05) is 44.2 Å². The Balaban J connectivity index is 3.16. The van der Waals surface area contributed by atoms with E-state index >= 15 is 0 Å². The second-order valence-electron chi connectivity index (χ2n) is 4.23. The van der Waals surface area contributed by atoms with E-state index in [2.05, 4.69) is 26.5 Å². The summed E-state index contributed by atoms with van der Waals surface area (Å²) in [5.74, 6) is 0.486. The van der Waals surface area contributed by atoms with E-state index in [-0.39, 0.29) is 0 Å². The third-order valence-electron chi connectivity index (χ3n) is 2.14. The number of allylic oxidation sites excluding steroid dienone is 4. The van der Waals surface area contributed by atoms with Gasteiger partial charge in [0, 0.05) is 9.91 Å². The number of thiophene rings is 1. The number of halogens is 1. The lowest BCUT2D eigenvalue weighted by atomic mass is 10.1. The van der Waals surface area contributed by atoms with Gasteiger partial charge in [-0.3, -0.25) is 0 Å². The molecular formula is C14H18ClNS. The monoisotopic (exact) mass is 267 g/mol. The second kappa shape index (κ2) is 6.08. The van der Waals surface area contributed by atoms with E-state index < -0.39 is 0 Å². The van der Waals surface area contributed by atoms with Crippen LogP contribution in [0.5, 0.6) is 0 Å². The summed E-state index contributed by atoms with van der Waals surface area (Å²) >= 11 is 7.51. The lowest BCUT2D eigenvalue weighted by Gasteiger charge is -2.00. The first-order chi connectivity index (χ1) is 7.93. The summed E-state index contributed by atoms with van der Waals surface area (Å²) in [4.78, 5) is 2.14. The molecule has 0 radical (unpaired) electrons. The molecule has 0 aliphatic carbocycles. The maximum Gasteiger partial charge on any atom is 0.0517 e. The molecule has 0 atom stereocenters. The summed E-state index contributed by atoms with van der Waals surface area (Å²) in [6.07, 6.45) is 5.94. The van der Waals surface area contributed by atoms with Crippen LogP contribution >= 0.6 is 22.9 Å². The van der Waals surface area contributed by atoms with Gasteiger partial charge in [0.15, 0.2) is 0 Å². The molecule has 1 rings (SSSR count). The molecule has 1 nitrogen and oxygen atoms in total. The highest BCUT2D eigenvalue weighted by Crippen LogP contribution is 2.33. The quantitative estimate of drug-likeness (QED) is 0.750. The molecule has 17 heavy (non-hydrogen) atoms. The minimum atomic E-state index is 0.486. The fourth-order valence-corrected chi connectivity index (χ4v) is 2.74. The Morgan fingerprint density at radius 2 is 2.18 bits per heavy atom. The van der Waals surface area contributed by atoms with Crippen LogP contribution in [0, 0.1) is 5.92 Å². The molecule has 1 aromatic rings. The summed E-state index contributed by atoms with van der Waals surface area (Å²) in [5.41, 5.74) is 7.85. The van der Waals surface area contributed by atoms with Crippen LogP contribution in [-0.4, -0.2) is 0 Å². The second-order valence-corrected chi connectivity index (χ2v) is 5.91. The van der Waals surface area contributed by atoms with Crippen molar-refractivity contribution in [2.45, 2.75) is 20.8 Å². The maximum atomic E-state index is 5.96. The summed E-state index contributed by atoms with van der Waals surface area (Å²) in [6.45, 7) is 9.98. The Kier molecular flexibility index (Phi) is 5.03. The van der Waals surface area contributed by atoms with Crippen LogP contribution < -0.4 is 5.73 Å². The fourth-order valence-electron chi connectivity index (χ4n) is 1.46. The molecule has 0 aliphatic heterocycles. The summed E-state index contributed by atoms with van der Waals surface area (Å²) in [5, 5.41) is 0.734. The molecule has 1 aromatic heterocycles. The zero-order chi connectivity index (χ0) is 13.0. The minimum absolute atomic E-state index is 0.486. The van der Waals surface area contributed by atoms with E-state index in [4.69, 9.17) is 17.3 Å². The average Bonchev–Trinajstić information content (AvgIpc) is 2.55. The van der Waals surface area contributed by atoms with Gasteiger partial charge >= 0.3 is 0 Å². The van der Waals surface area contributed by atoms with Crippen molar-refractivity contribution in [1.29, 1.82) is 0 Å². The summed E-state index contributed by atoms with van der Waals surface area (Å²) in [7, 11) is 0. The van der Waals surface area contributed by atoms with Crippen LogP contribution in [0.3, 0.4) is 0 Å². The number of hydrogen-bond donors (Lipinski definition) is 1. The molecule has 0 saturated heterocycles. The normalized spacial score (nSPS) is 13.2. The van der Waals surface area contributed by atoms with E-state index in [0.29, 0.717) is 5.92 Å². The van der Waals surface area contributed by atoms with Gasteiger partial charge in [-0.15, -0.1) is 11.3 Å². The number of anilines is 1. The molecule has 0 saturated carbocycles. The Bertz CT molecular complexity index is 463. The first kappa shape index (κ1) is 14.1. The third-order valence-corrected chi connectivity index (χ3v) is 3.39. The number of nitrogens with two attached hydrogens (primary N) is 1. The Hall–Kier alpha value is -0.990. The fraction of sp³-hybridized carbons (Fsp3) is 0.286. The molecule has 92 valence electrons.